The number of benzene rings is 2. The molecule has 1 atom stereocenters. The lowest BCUT2D eigenvalue weighted by Crippen LogP contribution is -2.04. The van der Waals surface area contributed by atoms with Crippen molar-refractivity contribution >= 4 is 11.6 Å². The SMILES string of the molecule is Clc1cccc(COc2cccc3c2CCC3n2ccnc2)c1. The molecule has 1 heterocycles. The molecule has 1 aromatic heterocycles. The lowest BCUT2D eigenvalue weighted by atomic mass is 10.1. The number of aromatic nitrogens is 2. The molecule has 0 radical (unpaired) electrons. The summed E-state index contributed by atoms with van der Waals surface area (Å²) in [6.45, 7) is 0.534. The molecule has 0 saturated carbocycles. The number of rotatable bonds is 4. The summed E-state index contributed by atoms with van der Waals surface area (Å²) in [6.07, 6.45) is 7.86. The zero-order valence-corrected chi connectivity index (χ0v) is 13.4. The zero-order valence-electron chi connectivity index (χ0n) is 12.7. The molecule has 23 heavy (non-hydrogen) atoms. The fraction of sp³-hybridized carbons (Fsp3) is 0.211. The predicted molar refractivity (Wildman–Crippen MR) is 90.9 cm³/mol. The second kappa shape index (κ2) is 6.09. The van der Waals surface area contributed by atoms with Crippen molar-refractivity contribution in [2.45, 2.75) is 25.5 Å². The fourth-order valence-corrected chi connectivity index (χ4v) is 3.50. The van der Waals surface area contributed by atoms with Gasteiger partial charge in [-0.25, -0.2) is 4.98 Å². The minimum Gasteiger partial charge on any atom is -0.489 e. The Hall–Kier alpha value is -2.26. The molecule has 3 aromatic rings. The van der Waals surface area contributed by atoms with Crippen LogP contribution in [-0.2, 0) is 13.0 Å². The summed E-state index contributed by atoms with van der Waals surface area (Å²) in [6, 6.07) is 14.5. The Morgan fingerprint density at radius 2 is 2.13 bits per heavy atom. The molecule has 0 N–H and O–H groups in total. The van der Waals surface area contributed by atoms with Crippen molar-refractivity contribution in [2.24, 2.45) is 0 Å². The lowest BCUT2D eigenvalue weighted by Gasteiger charge is -2.15. The third kappa shape index (κ3) is 2.84. The summed E-state index contributed by atoms with van der Waals surface area (Å²) in [4.78, 5) is 4.17. The Bertz CT molecular complexity index is 814. The van der Waals surface area contributed by atoms with Crippen LogP contribution in [0.1, 0.15) is 29.2 Å². The maximum atomic E-state index is 6.07. The van der Waals surface area contributed by atoms with Gasteiger partial charge in [0.05, 0.1) is 12.4 Å². The van der Waals surface area contributed by atoms with Gasteiger partial charge in [-0.3, -0.25) is 0 Å². The number of nitrogens with zero attached hydrogens (tertiary/aromatic N) is 2. The first kappa shape index (κ1) is 14.3. The van der Waals surface area contributed by atoms with Gasteiger partial charge in [0.2, 0.25) is 0 Å². The first-order chi connectivity index (χ1) is 11.3. The Labute approximate surface area is 140 Å². The van der Waals surface area contributed by atoms with Gasteiger partial charge in [0.15, 0.2) is 0 Å². The molecule has 3 nitrogen and oxygen atoms in total. The number of halogens is 1. The summed E-state index contributed by atoms with van der Waals surface area (Å²) < 4.78 is 8.25. The largest absolute Gasteiger partial charge is 0.489 e. The van der Waals surface area contributed by atoms with E-state index < -0.39 is 0 Å². The van der Waals surface area contributed by atoms with Gasteiger partial charge in [-0.2, -0.15) is 0 Å². The molecule has 1 aliphatic rings. The van der Waals surface area contributed by atoms with E-state index in [1.165, 1.54) is 11.1 Å². The summed E-state index contributed by atoms with van der Waals surface area (Å²) in [5.41, 5.74) is 3.74. The van der Waals surface area contributed by atoms with Crippen molar-refractivity contribution in [1.29, 1.82) is 0 Å². The Kier molecular flexibility index (Phi) is 3.80. The smallest absolute Gasteiger partial charge is 0.123 e. The molecule has 0 aliphatic heterocycles. The second-order valence-corrected chi connectivity index (χ2v) is 6.24. The fourth-order valence-electron chi connectivity index (χ4n) is 3.29. The van der Waals surface area contributed by atoms with Gasteiger partial charge in [-0.05, 0) is 47.7 Å². The molecule has 116 valence electrons. The Balaban J connectivity index is 1.57. The van der Waals surface area contributed by atoms with Gasteiger partial charge in [-0.15, -0.1) is 0 Å². The minimum atomic E-state index is 0.363. The van der Waals surface area contributed by atoms with Crippen molar-refractivity contribution in [1.82, 2.24) is 9.55 Å². The maximum Gasteiger partial charge on any atom is 0.123 e. The normalized spacial score (nSPS) is 16.3. The monoisotopic (exact) mass is 324 g/mol. The number of ether oxygens (including phenoxy) is 1. The van der Waals surface area contributed by atoms with Gasteiger partial charge in [-0.1, -0.05) is 35.9 Å². The van der Waals surface area contributed by atoms with Crippen molar-refractivity contribution < 1.29 is 4.74 Å². The van der Waals surface area contributed by atoms with Crippen molar-refractivity contribution in [2.75, 3.05) is 0 Å². The van der Waals surface area contributed by atoms with Gasteiger partial charge < -0.3 is 9.30 Å². The van der Waals surface area contributed by atoms with Gasteiger partial charge >= 0.3 is 0 Å². The highest BCUT2D eigenvalue weighted by atomic mass is 35.5. The number of fused-ring (bicyclic) bond motifs is 1. The third-order valence-electron chi connectivity index (χ3n) is 4.36. The molecule has 2 aromatic carbocycles. The summed E-state index contributed by atoms with van der Waals surface area (Å²) in [7, 11) is 0. The number of imidazole rings is 1. The highest BCUT2D eigenvalue weighted by molar-refractivity contribution is 6.30. The van der Waals surface area contributed by atoms with Crippen LogP contribution in [0.25, 0.3) is 0 Å². The standard InChI is InChI=1S/C19H17ClN2O/c20-15-4-1-3-14(11-15)12-23-19-6-2-5-16-17(19)7-8-18(16)22-10-9-21-13-22/h1-6,9-11,13,18H,7-8,12H2. The minimum absolute atomic E-state index is 0.363. The van der Waals surface area contributed by atoms with E-state index in [1.807, 2.05) is 43.0 Å². The van der Waals surface area contributed by atoms with Crippen LogP contribution in [-0.4, -0.2) is 9.55 Å². The Morgan fingerprint density at radius 1 is 1.22 bits per heavy atom. The van der Waals surface area contributed by atoms with E-state index in [4.69, 9.17) is 16.3 Å². The van der Waals surface area contributed by atoms with Gasteiger partial charge in [0, 0.05) is 17.4 Å². The van der Waals surface area contributed by atoms with Crippen LogP contribution in [0.5, 0.6) is 5.75 Å². The van der Waals surface area contributed by atoms with E-state index in [0.29, 0.717) is 12.6 Å². The molecular weight excluding hydrogens is 308 g/mol. The predicted octanol–water partition coefficient (Wildman–Crippen LogP) is 4.65. The number of hydrogen-bond donors (Lipinski definition) is 0. The van der Waals surface area contributed by atoms with Crippen LogP contribution in [0, 0.1) is 0 Å². The van der Waals surface area contributed by atoms with Gasteiger partial charge in [0.1, 0.15) is 12.4 Å². The zero-order chi connectivity index (χ0) is 15.6. The molecule has 0 spiro atoms. The summed E-state index contributed by atoms with van der Waals surface area (Å²) in [5.74, 6) is 0.977. The molecule has 4 heteroatoms. The number of hydrogen-bond acceptors (Lipinski definition) is 2. The van der Waals surface area contributed by atoms with E-state index in [9.17, 15) is 0 Å². The van der Waals surface area contributed by atoms with Crippen LogP contribution in [0.2, 0.25) is 5.02 Å². The molecule has 1 aliphatic carbocycles. The summed E-state index contributed by atoms with van der Waals surface area (Å²) >= 11 is 6.03. The van der Waals surface area contributed by atoms with Gasteiger partial charge in [0.25, 0.3) is 0 Å². The average molecular weight is 325 g/mol. The molecule has 4 rings (SSSR count). The first-order valence-corrected chi connectivity index (χ1v) is 8.15. The summed E-state index contributed by atoms with van der Waals surface area (Å²) in [5, 5.41) is 0.740. The highest BCUT2D eigenvalue weighted by Gasteiger charge is 2.26. The van der Waals surface area contributed by atoms with Crippen molar-refractivity contribution in [3.8, 4) is 5.75 Å². The first-order valence-electron chi connectivity index (χ1n) is 7.78. The van der Waals surface area contributed by atoms with E-state index in [-0.39, 0.29) is 0 Å². The highest BCUT2D eigenvalue weighted by Crippen LogP contribution is 2.39. The second-order valence-electron chi connectivity index (χ2n) is 5.81. The third-order valence-corrected chi connectivity index (χ3v) is 4.60. The molecule has 0 bridgehead atoms. The van der Waals surface area contributed by atoms with Crippen molar-refractivity contribution in [3.63, 3.8) is 0 Å². The quantitative estimate of drug-likeness (QED) is 0.698. The molecule has 0 saturated heterocycles. The topological polar surface area (TPSA) is 27.1 Å². The van der Waals surface area contributed by atoms with E-state index in [1.54, 1.807) is 0 Å². The molecular formula is C19H17ClN2O. The van der Waals surface area contributed by atoms with Crippen LogP contribution >= 0.6 is 11.6 Å². The van der Waals surface area contributed by atoms with Crippen LogP contribution < -0.4 is 4.74 Å². The van der Waals surface area contributed by atoms with Crippen LogP contribution in [0.15, 0.2) is 61.2 Å². The molecule has 1 unspecified atom stereocenters. The lowest BCUT2D eigenvalue weighted by molar-refractivity contribution is 0.303. The Morgan fingerprint density at radius 3 is 2.96 bits per heavy atom. The van der Waals surface area contributed by atoms with Crippen molar-refractivity contribution in [3.05, 3.63) is 82.9 Å². The van der Waals surface area contributed by atoms with E-state index in [2.05, 4.69) is 27.8 Å². The maximum absolute atomic E-state index is 6.07. The average Bonchev–Trinajstić information content (AvgIpc) is 3.22. The molecule has 0 amide bonds. The van der Waals surface area contributed by atoms with Crippen LogP contribution in [0.3, 0.4) is 0 Å². The van der Waals surface area contributed by atoms with Crippen LogP contribution in [0.4, 0.5) is 0 Å². The molecule has 0 fully saturated rings. The van der Waals surface area contributed by atoms with E-state index >= 15 is 0 Å². The van der Waals surface area contributed by atoms with E-state index in [0.717, 1.165) is 29.2 Å².